The van der Waals surface area contributed by atoms with Gasteiger partial charge in [0, 0.05) is 35.9 Å². The van der Waals surface area contributed by atoms with Gasteiger partial charge in [-0.2, -0.15) is 0 Å². The van der Waals surface area contributed by atoms with E-state index in [0.717, 1.165) is 30.1 Å². The van der Waals surface area contributed by atoms with Crippen molar-refractivity contribution in [1.82, 2.24) is 9.47 Å². The maximum absolute atomic E-state index is 12.8. The third-order valence-electron chi connectivity index (χ3n) is 4.54. The Morgan fingerprint density at radius 3 is 2.68 bits per heavy atom. The molecule has 3 rings (SSSR count). The highest BCUT2D eigenvalue weighted by Gasteiger charge is 2.33. The number of halogens is 1. The first-order valence-electron chi connectivity index (χ1n) is 7.82. The molecule has 0 N–H and O–H groups in total. The lowest BCUT2D eigenvalue weighted by Crippen LogP contribution is -2.44. The van der Waals surface area contributed by atoms with Crippen molar-refractivity contribution in [2.75, 3.05) is 6.54 Å². The maximum atomic E-state index is 12.8. The Bertz CT molecular complexity index is 662. The Labute approximate surface area is 136 Å². The Hall–Kier alpha value is -1.74. The first kappa shape index (κ1) is 15.2. The second kappa shape index (κ2) is 6.17. The van der Waals surface area contributed by atoms with Crippen molar-refractivity contribution < 1.29 is 4.79 Å². The number of hydrogen-bond donors (Lipinski definition) is 0. The van der Waals surface area contributed by atoms with Crippen molar-refractivity contribution in [3.63, 3.8) is 0 Å². The monoisotopic (exact) mass is 316 g/mol. The predicted octanol–water partition coefficient (Wildman–Crippen LogP) is 4.12. The molecule has 0 unspecified atom stereocenters. The second-order valence-electron chi connectivity index (χ2n) is 5.92. The molecule has 2 aromatic rings. The van der Waals surface area contributed by atoms with Gasteiger partial charge in [0.1, 0.15) is 0 Å². The number of fused-ring (bicyclic) bond motifs is 1. The molecule has 0 saturated carbocycles. The van der Waals surface area contributed by atoms with Crippen molar-refractivity contribution in [2.24, 2.45) is 5.92 Å². The highest BCUT2D eigenvalue weighted by Crippen LogP contribution is 2.34. The zero-order valence-electron chi connectivity index (χ0n) is 13.0. The van der Waals surface area contributed by atoms with Gasteiger partial charge in [-0.1, -0.05) is 37.6 Å². The fraction of sp³-hybridized carbons (Fsp3) is 0.389. The molecule has 0 radical (unpaired) electrons. The molecule has 1 aromatic carbocycles. The third kappa shape index (κ3) is 2.66. The summed E-state index contributed by atoms with van der Waals surface area (Å²) in [5.41, 5.74) is 2.28. The molecule has 0 saturated heterocycles. The van der Waals surface area contributed by atoms with Crippen LogP contribution in [0.3, 0.4) is 0 Å². The van der Waals surface area contributed by atoms with Gasteiger partial charge in [0.05, 0.1) is 6.04 Å². The molecule has 2 heterocycles. The van der Waals surface area contributed by atoms with Crippen LogP contribution < -0.4 is 0 Å². The van der Waals surface area contributed by atoms with E-state index in [4.69, 9.17) is 11.6 Å². The van der Waals surface area contributed by atoms with Crippen molar-refractivity contribution in [3.05, 3.63) is 58.9 Å². The molecule has 22 heavy (non-hydrogen) atoms. The van der Waals surface area contributed by atoms with Crippen LogP contribution in [0.15, 0.2) is 42.6 Å². The van der Waals surface area contributed by atoms with Crippen LogP contribution in [0.25, 0.3) is 0 Å². The highest BCUT2D eigenvalue weighted by molar-refractivity contribution is 6.30. The Morgan fingerprint density at radius 2 is 2.00 bits per heavy atom. The summed E-state index contributed by atoms with van der Waals surface area (Å²) in [6, 6.07) is 12.0. The first-order chi connectivity index (χ1) is 10.6. The van der Waals surface area contributed by atoms with Gasteiger partial charge in [0.25, 0.3) is 0 Å². The molecular weight excluding hydrogens is 296 g/mol. The van der Waals surface area contributed by atoms with Crippen LogP contribution in [0.5, 0.6) is 0 Å². The quantitative estimate of drug-likeness (QED) is 0.836. The second-order valence-corrected chi connectivity index (χ2v) is 6.36. The van der Waals surface area contributed by atoms with E-state index >= 15 is 0 Å². The van der Waals surface area contributed by atoms with Gasteiger partial charge in [0.2, 0.25) is 5.91 Å². The molecule has 3 nitrogen and oxygen atoms in total. The van der Waals surface area contributed by atoms with Gasteiger partial charge in [-0.05, 0) is 36.2 Å². The minimum atomic E-state index is -0.0254. The van der Waals surface area contributed by atoms with E-state index in [-0.39, 0.29) is 17.9 Å². The van der Waals surface area contributed by atoms with E-state index < -0.39 is 0 Å². The molecule has 116 valence electrons. The number of hydrogen-bond acceptors (Lipinski definition) is 1. The summed E-state index contributed by atoms with van der Waals surface area (Å²) in [7, 11) is 0. The normalized spacial score (nSPS) is 18.9. The fourth-order valence-electron chi connectivity index (χ4n) is 3.07. The Balaban J connectivity index is 2.03. The van der Waals surface area contributed by atoms with Crippen molar-refractivity contribution in [2.45, 2.75) is 32.9 Å². The highest BCUT2D eigenvalue weighted by atomic mass is 35.5. The first-order valence-corrected chi connectivity index (χ1v) is 8.20. The predicted molar refractivity (Wildman–Crippen MR) is 88.9 cm³/mol. The minimum absolute atomic E-state index is 0.0254. The van der Waals surface area contributed by atoms with Crippen LogP contribution in [0.1, 0.15) is 37.6 Å². The number of benzene rings is 1. The number of amides is 1. The molecule has 2 atom stereocenters. The molecule has 4 heteroatoms. The molecule has 1 aromatic heterocycles. The molecule has 0 aliphatic carbocycles. The topological polar surface area (TPSA) is 25.2 Å². The van der Waals surface area contributed by atoms with Crippen molar-refractivity contribution in [3.8, 4) is 0 Å². The third-order valence-corrected chi connectivity index (χ3v) is 4.79. The lowest BCUT2D eigenvalue weighted by atomic mass is 9.97. The molecule has 0 bridgehead atoms. The summed E-state index contributed by atoms with van der Waals surface area (Å²) in [6.45, 7) is 5.67. The molecular formula is C18H21ClN2O. The van der Waals surface area contributed by atoms with Gasteiger partial charge < -0.3 is 9.47 Å². The van der Waals surface area contributed by atoms with E-state index in [2.05, 4.69) is 29.8 Å². The van der Waals surface area contributed by atoms with E-state index in [1.54, 1.807) is 0 Å². The average molecular weight is 317 g/mol. The minimum Gasteiger partial charge on any atom is -0.348 e. The summed E-state index contributed by atoms with van der Waals surface area (Å²) in [4.78, 5) is 14.8. The van der Waals surface area contributed by atoms with Gasteiger partial charge in [0.15, 0.2) is 0 Å². The Kier molecular flexibility index (Phi) is 4.25. The van der Waals surface area contributed by atoms with Gasteiger partial charge in [-0.3, -0.25) is 4.79 Å². The van der Waals surface area contributed by atoms with Gasteiger partial charge in [-0.25, -0.2) is 0 Å². The Morgan fingerprint density at radius 1 is 1.27 bits per heavy atom. The smallest absolute Gasteiger partial charge is 0.226 e. The summed E-state index contributed by atoms with van der Waals surface area (Å²) in [5.74, 6) is 0.284. The standard InChI is InChI=1S/C18H21ClN2O/c1-3-13(2)18(22)21-12-11-20-10-4-5-16(20)17(21)14-6-8-15(19)9-7-14/h4-10,13,17H,3,11-12H2,1-2H3/t13-,17-/m1/s1. The molecule has 1 aliphatic rings. The van der Waals surface area contributed by atoms with Crippen LogP contribution in [0.2, 0.25) is 5.02 Å². The number of nitrogens with zero attached hydrogens (tertiary/aromatic N) is 2. The molecule has 1 aliphatic heterocycles. The van der Waals surface area contributed by atoms with Crippen LogP contribution >= 0.6 is 11.6 Å². The summed E-state index contributed by atoms with van der Waals surface area (Å²) in [5, 5.41) is 0.717. The zero-order chi connectivity index (χ0) is 15.7. The van der Waals surface area contributed by atoms with Crippen LogP contribution in [0, 0.1) is 5.92 Å². The molecule has 0 spiro atoms. The van der Waals surface area contributed by atoms with E-state index in [9.17, 15) is 4.79 Å². The number of rotatable bonds is 3. The zero-order valence-corrected chi connectivity index (χ0v) is 13.8. The van der Waals surface area contributed by atoms with E-state index in [0.29, 0.717) is 0 Å². The number of carbonyl (C=O) groups is 1. The SMILES string of the molecule is CC[C@@H](C)C(=O)N1CCn2cccc2[C@H]1c1ccc(Cl)cc1. The summed E-state index contributed by atoms with van der Waals surface area (Å²) < 4.78 is 2.24. The van der Waals surface area contributed by atoms with Gasteiger partial charge >= 0.3 is 0 Å². The summed E-state index contributed by atoms with van der Waals surface area (Å²) >= 11 is 6.02. The van der Waals surface area contributed by atoms with Crippen molar-refractivity contribution >= 4 is 17.5 Å². The van der Waals surface area contributed by atoms with Crippen molar-refractivity contribution in [1.29, 1.82) is 0 Å². The largest absolute Gasteiger partial charge is 0.348 e. The average Bonchev–Trinajstić information content (AvgIpc) is 3.02. The van der Waals surface area contributed by atoms with Crippen LogP contribution in [-0.2, 0) is 11.3 Å². The van der Waals surface area contributed by atoms with Crippen LogP contribution in [0.4, 0.5) is 0 Å². The lowest BCUT2D eigenvalue weighted by molar-refractivity contribution is -0.137. The number of carbonyl (C=O) groups excluding carboxylic acids is 1. The summed E-state index contributed by atoms with van der Waals surface area (Å²) in [6.07, 6.45) is 2.95. The van der Waals surface area contributed by atoms with E-state index in [1.165, 1.54) is 5.69 Å². The number of aromatic nitrogens is 1. The molecule has 0 fully saturated rings. The maximum Gasteiger partial charge on any atom is 0.226 e. The lowest BCUT2D eigenvalue weighted by Gasteiger charge is -2.38. The van der Waals surface area contributed by atoms with E-state index in [1.807, 2.05) is 36.1 Å². The van der Waals surface area contributed by atoms with Gasteiger partial charge in [-0.15, -0.1) is 0 Å². The molecule has 1 amide bonds. The van der Waals surface area contributed by atoms with Crippen LogP contribution in [-0.4, -0.2) is 21.9 Å². The fourth-order valence-corrected chi connectivity index (χ4v) is 3.20.